The minimum absolute atomic E-state index is 0.0198. The van der Waals surface area contributed by atoms with Crippen molar-refractivity contribution in [3.05, 3.63) is 54.6 Å². The predicted molar refractivity (Wildman–Crippen MR) is 122 cm³/mol. The number of fused-ring (bicyclic) bond motifs is 1. The normalized spacial score (nSPS) is 15.5. The zero-order chi connectivity index (χ0) is 26.3. The van der Waals surface area contributed by atoms with Gasteiger partial charge in [0.15, 0.2) is 5.78 Å². The van der Waals surface area contributed by atoms with Gasteiger partial charge in [-0.2, -0.15) is 18.3 Å². The van der Waals surface area contributed by atoms with E-state index in [-0.39, 0.29) is 35.5 Å². The largest absolute Gasteiger partial charge is 0.463 e. The Hall–Kier alpha value is -3.37. The molecule has 1 heterocycles. The highest BCUT2D eigenvalue weighted by molar-refractivity contribution is 6.00. The Labute approximate surface area is 201 Å². The summed E-state index contributed by atoms with van der Waals surface area (Å²) in [6, 6.07) is 4.31. The van der Waals surface area contributed by atoms with Crippen molar-refractivity contribution in [1.82, 2.24) is 9.78 Å². The van der Waals surface area contributed by atoms with E-state index >= 15 is 0 Å². The SMILES string of the molecule is [CH2]C([CH2])(COC(C)=O)Nc1cc(-n2nc(CC(F)(F)F)c3c2CC(C)(C)CC3=O)ccc1C(N)=O. The fourth-order valence-electron chi connectivity index (χ4n) is 4.10. The first-order chi connectivity index (χ1) is 16.0. The van der Waals surface area contributed by atoms with Gasteiger partial charge in [0.25, 0.3) is 5.91 Å². The Morgan fingerprint density at radius 1 is 1.26 bits per heavy atom. The first-order valence-corrected chi connectivity index (χ1v) is 10.8. The molecule has 0 saturated carbocycles. The highest BCUT2D eigenvalue weighted by atomic mass is 19.4. The number of esters is 1. The van der Waals surface area contributed by atoms with Crippen LogP contribution in [0.3, 0.4) is 0 Å². The van der Waals surface area contributed by atoms with Crippen LogP contribution in [0.25, 0.3) is 5.69 Å². The number of halogens is 3. The van der Waals surface area contributed by atoms with Crippen LogP contribution in [0.2, 0.25) is 0 Å². The van der Waals surface area contributed by atoms with E-state index in [9.17, 15) is 27.6 Å². The van der Waals surface area contributed by atoms with Crippen LogP contribution in [0.1, 0.15) is 59.3 Å². The Balaban J connectivity index is 2.13. The molecule has 2 aromatic rings. The number of Topliss-reactive ketones (excluding diaryl/α,β-unsaturated/α-hetero) is 1. The van der Waals surface area contributed by atoms with Gasteiger partial charge in [-0.25, -0.2) is 4.68 Å². The van der Waals surface area contributed by atoms with Crippen LogP contribution in [0, 0.1) is 19.3 Å². The first kappa shape index (κ1) is 26.2. The third-order valence-electron chi connectivity index (χ3n) is 5.45. The minimum Gasteiger partial charge on any atom is -0.463 e. The smallest absolute Gasteiger partial charge is 0.394 e. The molecule has 35 heavy (non-hydrogen) atoms. The van der Waals surface area contributed by atoms with Crippen molar-refractivity contribution in [3.8, 4) is 5.69 Å². The number of nitrogens with one attached hydrogen (secondary N) is 1. The van der Waals surface area contributed by atoms with Gasteiger partial charge in [0.2, 0.25) is 0 Å². The van der Waals surface area contributed by atoms with E-state index in [1.807, 2.05) is 13.8 Å². The summed E-state index contributed by atoms with van der Waals surface area (Å²) < 4.78 is 46.0. The van der Waals surface area contributed by atoms with Crippen molar-refractivity contribution in [2.45, 2.75) is 51.7 Å². The van der Waals surface area contributed by atoms with Gasteiger partial charge in [-0.1, -0.05) is 13.8 Å². The third kappa shape index (κ3) is 6.20. The number of ether oxygens (including phenoxy) is 1. The molecule has 2 radical (unpaired) electrons. The van der Waals surface area contributed by atoms with Gasteiger partial charge in [0.1, 0.15) is 6.61 Å². The van der Waals surface area contributed by atoms with Gasteiger partial charge in [0, 0.05) is 19.0 Å². The van der Waals surface area contributed by atoms with E-state index in [0.29, 0.717) is 17.8 Å². The molecule has 0 bridgehead atoms. The molecule has 11 heteroatoms. The van der Waals surface area contributed by atoms with Crippen molar-refractivity contribution in [2.24, 2.45) is 11.1 Å². The summed E-state index contributed by atoms with van der Waals surface area (Å²) in [5, 5.41) is 7.06. The molecule has 1 aromatic carbocycles. The lowest BCUT2D eigenvalue weighted by Gasteiger charge is -2.30. The molecule has 1 aliphatic carbocycles. The Morgan fingerprint density at radius 3 is 2.49 bits per heavy atom. The van der Waals surface area contributed by atoms with Crippen LogP contribution in [0.5, 0.6) is 0 Å². The van der Waals surface area contributed by atoms with Crippen LogP contribution >= 0.6 is 0 Å². The third-order valence-corrected chi connectivity index (χ3v) is 5.45. The fraction of sp³-hybridized carbons (Fsp3) is 0.417. The minimum atomic E-state index is -4.55. The number of anilines is 1. The second-order valence-corrected chi connectivity index (χ2v) is 9.69. The molecule has 0 aliphatic heterocycles. The molecule has 3 rings (SSSR count). The maximum absolute atomic E-state index is 13.3. The van der Waals surface area contributed by atoms with Crippen molar-refractivity contribution < 1.29 is 32.3 Å². The number of alkyl halides is 3. The lowest BCUT2D eigenvalue weighted by Crippen LogP contribution is -2.38. The van der Waals surface area contributed by atoms with Crippen LogP contribution in [-0.4, -0.2) is 45.8 Å². The summed E-state index contributed by atoms with van der Waals surface area (Å²) in [6.07, 6.45) is -5.48. The molecular formula is C24H27F3N4O4. The van der Waals surface area contributed by atoms with Crippen molar-refractivity contribution >= 4 is 23.3 Å². The second kappa shape index (κ2) is 9.01. The number of hydrogen-bond acceptors (Lipinski definition) is 6. The van der Waals surface area contributed by atoms with E-state index in [0.717, 1.165) is 0 Å². The van der Waals surface area contributed by atoms with Gasteiger partial charge in [0.05, 0.1) is 40.2 Å². The Kier molecular flexibility index (Phi) is 6.75. The molecule has 0 spiro atoms. The van der Waals surface area contributed by atoms with Gasteiger partial charge in [-0.3, -0.25) is 14.4 Å². The number of benzene rings is 1. The molecule has 1 aliphatic rings. The molecule has 188 valence electrons. The second-order valence-electron chi connectivity index (χ2n) is 9.69. The summed E-state index contributed by atoms with van der Waals surface area (Å²) in [7, 11) is 0. The van der Waals surface area contributed by atoms with Gasteiger partial charge in [-0.05, 0) is 43.9 Å². The molecular weight excluding hydrogens is 465 g/mol. The number of amides is 1. The summed E-state index contributed by atoms with van der Waals surface area (Å²) in [4.78, 5) is 36.0. The number of aromatic nitrogens is 2. The van der Waals surface area contributed by atoms with Gasteiger partial charge < -0.3 is 15.8 Å². The summed E-state index contributed by atoms with van der Waals surface area (Å²) in [5.74, 6) is -1.73. The molecule has 0 fully saturated rings. The highest BCUT2D eigenvalue weighted by Crippen LogP contribution is 2.39. The van der Waals surface area contributed by atoms with Crippen molar-refractivity contribution in [3.63, 3.8) is 0 Å². The average Bonchev–Trinajstić information content (AvgIpc) is 3.01. The number of nitrogens with zero attached hydrogens (tertiary/aromatic N) is 2. The van der Waals surface area contributed by atoms with E-state index in [4.69, 9.17) is 10.5 Å². The van der Waals surface area contributed by atoms with Crippen LogP contribution in [0.4, 0.5) is 18.9 Å². The molecule has 3 N–H and O–H groups in total. The molecule has 1 aromatic heterocycles. The van der Waals surface area contributed by atoms with E-state index in [2.05, 4.69) is 24.3 Å². The number of carbonyl (C=O) groups excluding carboxylic acids is 3. The standard InChI is InChI=1S/C24H27F3N4O4/c1-13(32)35-12-23(4,5)29-16-8-14(6-7-15(16)21(28)34)31-18-10-22(2,3)11-19(33)20(18)17(30-31)9-24(25,26)27/h6-8,29H,4-5,9-12H2,1-3H3,(H2,28,34). The van der Waals surface area contributed by atoms with E-state index < -0.39 is 41.2 Å². The number of primary amides is 1. The predicted octanol–water partition coefficient (Wildman–Crippen LogP) is 3.61. The number of ketones is 1. The Bertz CT molecular complexity index is 1180. The molecule has 0 saturated heterocycles. The fourth-order valence-corrected chi connectivity index (χ4v) is 4.10. The zero-order valence-corrected chi connectivity index (χ0v) is 19.7. The number of hydrogen-bond donors (Lipinski definition) is 2. The number of carbonyl (C=O) groups is 3. The lowest BCUT2D eigenvalue weighted by molar-refractivity contribution is -0.141. The van der Waals surface area contributed by atoms with Crippen LogP contribution in [0.15, 0.2) is 18.2 Å². The molecule has 8 nitrogen and oxygen atoms in total. The van der Waals surface area contributed by atoms with Crippen molar-refractivity contribution in [1.29, 1.82) is 0 Å². The highest BCUT2D eigenvalue weighted by Gasteiger charge is 2.40. The lowest BCUT2D eigenvalue weighted by atomic mass is 9.75. The quantitative estimate of drug-likeness (QED) is 0.571. The van der Waals surface area contributed by atoms with E-state index in [1.54, 1.807) is 0 Å². The number of nitrogens with two attached hydrogens (primary N) is 1. The maximum Gasteiger partial charge on any atom is 0.394 e. The zero-order valence-electron chi connectivity index (χ0n) is 19.7. The van der Waals surface area contributed by atoms with E-state index in [1.165, 1.54) is 29.8 Å². The van der Waals surface area contributed by atoms with Crippen LogP contribution in [-0.2, 0) is 22.4 Å². The van der Waals surface area contributed by atoms with Crippen molar-refractivity contribution in [2.75, 3.05) is 11.9 Å². The summed E-state index contributed by atoms with van der Waals surface area (Å²) in [6.45, 7) is 12.4. The van der Waals surface area contributed by atoms with Gasteiger partial charge in [-0.15, -0.1) is 0 Å². The molecule has 0 atom stereocenters. The Morgan fingerprint density at radius 2 is 1.91 bits per heavy atom. The summed E-state index contributed by atoms with van der Waals surface area (Å²) >= 11 is 0. The molecule has 0 unspecified atom stereocenters. The molecule has 1 amide bonds. The number of rotatable bonds is 7. The maximum atomic E-state index is 13.3. The summed E-state index contributed by atoms with van der Waals surface area (Å²) in [5.41, 5.74) is 4.21. The van der Waals surface area contributed by atoms with Gasteiger partial charge >= 0.3 is 12.1 Å². The first-order valence-electron chi connectivity index (χ1n) is 10.8. The topological polar surface area (TPSA) is 116 Å². The van der Waals surface area contributed by atoms with Crippen LogP contribution < -0.4 is 11.1 Å². The monoisotopic (exact) mass is 492 g/mol. The average molecular weight is 492 g/mol.